The number of methoxy groups -OCH3 is 1. The van der Waals surface area contributed by atoms with E-state index in [0.29, 0.717) is 12.5 Å². The van der Waals surface area contributed by atoms with E-state index in [1.165, 1.54) is 12.8 Å². The van der Waals surface area contributed by atoms with E-state index in [9.17, 15) is 4.79 Å². The van der Waals surface area contributed by atoms with Crippen LogP contribution < -0.4 is 0 Å². The maximum absolute atomic E-state index is 12.3. The lowest BCUT2D eigenvalue weighted by molar-refractivity contribution is 0.0944. The molecule has 110 valence electrons. The highest BCUT2D eigenvalue weighted by Crippen LogP contribution is 2.26. The highest BCUT2D eigenvalue weighted by Gasteiger charge is 2.28. The van der Waals surface area contributed by atoms with Gasteiger partial charge in [-0.05, 0) is 38.8 Å². The summed E-state index contributed by atoms with van der Waals surface area (Å²) in [6, 6.07) is 6.77. The van der Waals surface area contributed by atoms with Crippen molar-refractivity contribution in [3.05, 3.63) is 34.9 Å². The van der Waals surface area contributed by atoms with Crippen molar-refractivity contribution in [1.82, 2.24) is 4.90 Å². The molecular weight excluding hydrogens is 250 g/mol. The third kappa shape index (κ3) is 4.43. The fourth-order valence-electron chi connectivity index (χ4n) is 2.65. The Balaban J connectivity index is 1.89. The zero-order valence-corrected chi connectivity index (χ0v) is 12.8. The highest BCUT2D eigenvalue weighted by atomic mass is 16.5. The van der Waals surface area contributed by atoms with E-state index in [0.717, 1.165) is 36.4 Å². The van der Waals surface area contributed by atoms with Crippen LogP contribution in [-0.4, -0.2) is 43.5 Å². The Labute approximate surface area is 121 Å². The van der Waals surface area contributed by atoms with Crippen LogP contribution >= 0.6 is 0 Å². The SMILES string of the molecule is COCCN(CCC(=O)c1cc(C)cc(C)c1)C1CC1. The van der Waals surface area contributed by atoms with Crippen LogP contribution in [0.25, 0.3) is 0 Å². The number of carbonyl (C=O) groups is 1. The van der Waals surface area contributed by atoms with Crippen LogP contribution in [0.5, 0.6) is 0 Å². The molecule has 1 aliphatic carbocycles. The average molecular weight is 275 g/mol. The third-order valence-electron chi connectivity index (χ3n) is 3.82. The Morgan fingerprint density at radius 2 is 1.85 bits per heavy atom. The van der Waals surface area contributed by atoms with Gasteiger partial charge in [-0.2, -0.15) is 0 Å². The molecule has 20 heavy (non-hydrogen) atoms. The van der Waals surface area contributed by atoms with Gasteiger partial charge in [-0.15, -0.1) is 0 Å². The molecule has 0 atom stereocenters. The monoisotopic (exact) mass is 275 g/mol. The van der Waals surface area contributed by atoms with Crippen LogP contribution in [0, 0.1) is 13.8 Å². The second-order valence-electron chi connectivity index (χ2n) is 5.81. The fourth-order valence-corrected chi connectivity index (χ4v) is 2.65. The molecule has 0 spiro atoms. The zero-order chi connectivity index (χ0) is 14.5. The lowest BCUT2D eigenvalue weighted by Crippen LogP contribution is -2.31. The summed E-state index contributed by atoms with van der Waals surface area (Å²) in [7, 11) is 1.73. The molecule has 0 amide bonds. The number of rotatable bonds is 8. The van der Waals surface area contributed by atoms with Gasteiger partial charge in [0.05, 0.1) is 6.61 Å². The summed E-state index contributed by atoms with van der Waals surface area (Å²) in [5.74, 6) is 0.250. The molecule has 0 saturated heterocycles. The van der Waals surface area contributed by atoms with Crippen molar-refractivity contribution in [2.75, 3.05) is 26.8 Å². The first-order valence-electron chi connectivity index (χ1n) is 7.44. The first-order chi connectivity index (χ1) is 9.60. The van der Waals surface area contributed by atoms with Crippen molar-refractivity contribution < 1.29 is 9.53 Å². The molecule has 0 bridgehead atoms. The largest absolute Gasteiger partial charge is 0.383 e. The Hall–Kier alpha value is -1.19. The molecular formula is C17H25NO2. The molecule has 1 fully saturated rings. The fraction of sp³-hybridized carbons (Fsp3) is 0.588. The van der Waals surface area contributed by atoms with Crippen molar-refractivity contribution in [2.45, 2.75) is 39.2 Å². The minimum atomic E-state index is 0.250. The lowest BCUT2D eigenvalue weighted by Gasteiger charge is -2.21. The number of aryl methyl sites for hydroxylation is 2. The van der Waals surface area contributed by atoms with Crippen LogP contribution in [0.4, 0.5) is 0 Å². The summed E-state index contributed by atoms with van der Waals surface area (Å²) >= 11 is 0. The molecule has 3 nitrogen and oxygen atoms in total. The van der Waals surface area contributed by atoms with Gasteiger partial charge >= 0.3 is 0 Å². The van der Waals surface area contributed by atoms with Gasteiger partial charge in [-0.3, -0.25) is 9.69 Å². The quantitative estimate of drug-likeness (QED) is 0.683. The molecule has 1 aromatic carbocycles. The van der Waals surface area contributed by atoms with E-state index in [1.54, 1.807) is 7.11 Å². The number of carbonyl (C=O) groups excluding carboxylic acids is 1. The molecule has 0 aromatic heterocycles. The van der Waals surface area contributed by atoms with Crippen molar-refractivity contribution in [1.29, 1.82) is 0 Å². The van der Waals surface area contributed by atoms with E-state index >= 15 is 0 Å². The topological polar surface area (TPSA) is 29.5 Å². The standard InChI is InChI=1S/C17H25NO2/c1-13-10-14(2)12-15(11-13)17(19)6-7-18(8-9-20-3)16-4-5-16/h10-12,16H,4-9H2,1-3H3. The predicted octanol–water partition coefficient (Wildman–Crippen LogP) is 2.99. The molecule has 0 N–H and O–H groups in total. The smallest absolute Gasteiger partial charge is 0.164 e. The van der Waals surface area contributed by atoms with E-state index in [2.05, 4.69) is 11.0 Å². The zero-order valence-electron chi connectivity index (χ0n) is 12.8. The van der Waals surface area contributed by atoms with Gasteiger partial charge in [0.15, 0.2) is 5.78 Å². The van der Waals surface area contributed by atoms with E-state index in [-0.39, 0.29) is 5.78 Å². The first kappa shape index (κ1) is 15.2. The summed E-state index contributed by atoms with van der Waals surface area (Å²) in [6.07, 6.45) is 3.13. The Morgan fingerprint density at radius 1 is 1.20 bits per heavy atom. The molecule has 1 saturated carbocycles. The van der Waals surface area contributed by atoms with Gasteiger partial charge in [-0.1, -0.05) is 17.2 Å². The summed E-state index contributed by atoms with van der Waals surface area (Å²) in [5.41, 5.74) is 3.17. The number of hydrogen-bond donors (Lipinski definition) is 0. The molecule has 0 unspecified atom stereocenters. The number of benzene rings is 1. The molecule has 3 heteroatoms. The first-order valence-corrected chi connectivity index (χ1v) is 7.44. The van der Waals surface area contributed by atoms with Crippen molar-refractivity contribution >= 4 is 5.78 Å². The second-order valence-corrected chi connectivity index (χ2v) is 5.81. The van der Waals surface area contributed by atoms with E-state index in [1.807, 2.05) is 26.0 Å². The van der Waals surface area contributed by atoms with E-state index in [4.69, 9.17) is 4.74 Å². The van der Waals surface area contributed by atoms with Gasteiger partial charge < -0.3 is 4.74 Å². The highest BCUT2D eigenvalue weighted by molar-refractivity contribution is 5.96. The molecule has 1 aliphatic rings. The van der Waals surface area contributed by atoms with Gasteiger partial charge in [0.25, 0.3) is 0 Å². The number of ether oxygens (including phenoxy) is 1. The van der Waals surface area contributed by atoms with E-state index < -0.39 is 0 Å². The van der Waals surface area contributed by atoms with Crippen LogP contribution in [0.3, 0.4) is 0 Å². The van der Waals surface area contributed by atoms with Crippen LogP contribution in [0.2, 0.25) is 0 Å². The summed E-state index contributed by atoms with van der Waals surface area (Å²) in [5, 5.41) is 0. The third-order valence-corrected chi connectivity index (χ3v) is 3.82. The van der Waals surface area contributed by atoms with Crippen LogP contribution in [0.15, 0.2) is 18.2 Å². The average Bonchev–Trinajstić information content (AvgIpc) is 3.22. The molecule has 0 radical (unpaired) electrons. The minimum absolute atomic E-state index is 0.250. The predicted molar refractivity (Wildman–Crippen MR) is 81.3 cm³/mol. The molecule has 2 rings (SSSR count). The van der Waals surface area contributed by atoms with Crippen LogP contribution in [0.1, 0.15) is 40.7 Å². The Bertz CT molecular complexity index is 446. The van der Waals surface area contributed by atoms with Gasteiger partial charge in [-0.25, -0.2) is 0 Å². The Morgan fingerprint density at radius 3 is 2.40 bits per heavy atom. The van der Waals surface area contributed by atoms with Gasteiger partial charge in [0, 0.05) is 38.2 Å². The van der Waals surface area contributed by atoms with Crippen molar-refractivity contribution in [3.8, 4) is 0 Å². The van der Waals surface area contributed by atoms with Gasteiger partial charge in [0.1, 0.15) is 0 Å². The summed E-state index contributed by atoms with van der Waals surface area (Å²) in [4.78, 5) is 14.7. The number of hydrogen-bond acceptors (Lipinski definition) is 3. The Kier molecular flexibility index (Phi) is 5.32. The molecule has 1 aromatic rings. The van der Waals surface area contributed by atoms with Crippen molar-refractivity contribution in [3.63, 3.8) is 0 Å². The number of ketones is 1. The second kappa shape index (κ2) is 7.00. The molecule has 0 aliphatic heterocycles. The maximum Gasteiger partial charge on any atom is 0.164 e. The van der Waals surface area contributed by atoms with Crippen molar-refractivity contribution in [2.24, 2.45) is 0 Å². The minimum Gasteiger partial charge on any atom is -0.383 e. The lowest BCUT2D eigenvalue weighted by atomic mass is 10.0. The molecule has 0 heterocycles. The van der Waals surface area contributed by atoms with Crippen LogP contribution in [-0.2, 0) is 4.74 Å². The number of nitrogens with zero attached hydrogens (tertiary/aromatic N) is 1. The summed E-state index contributed by atoms with van der Waals surface area (Å²) in [6.45, 7) is 6.60. The maximum atomic E-state index is 12.3. The van der Waals surface area contributed by atoms with Gasteiger partial charge in [0.2, 0.25) is 0 Å². The number of Topliss-reactive ketones (excluding diaryl/α,β-unsaturated/α-hetero) is 1. The summed E-state index contributed by atoms with van der Waals surface area (Å²) < 4.78 is 5.15. The normalized spacial score (nSPS) is 14.8.